The molecule has 0 aliphatic heterocycles. The molecule has 4 rings (SSSR count). The minimum Gasteiger partial charge on any atom is -0.326 e. The van der Waals surface area contributed by atoms with Gasteiger partial charge in [-0.15, -0.1) is 23.1 Å². The molecule has 3 aromatic carbocycles. The van der Waals surface area contributed by atoms with Crippen molar-refractivity contribution in [1.29, 1.82) is 0 Å². The van der Waals surface area contributed by atoms with Crippen LogP contribution in [0.15, 0.2) is 101 Å². The highest BCUT2D eigenvalue weighted by atomic mass is 32.2. The topological polar surface area (TPSA) is 87.3 Å². The summed E-state index contributed by atoms with van der Waals surface area (Å²) in [7, 11) is 0. The Morgan fingerprint density at radius 2 is 1.31 bits per heavy atom. The predicted molar refractivity (Wildman–Crippen MR) is 143 cm³/mol. The molecule has 6 nitrogen and oxygen atoms in total. The summed E-state index contributed by atoms with van der Waals surface area (Å²) in [6, 6.07) is 27.6. The molecule has 0 aliphatic carbocycles. The molecule has 1 unspecified atom stereocenters. The fourth-order valence-corrected chi connectivity index (χ4v) is 4.95. The number of benzene rings is 3. The standard InChI is InChI=1S/C27H23N3O3S2/c1-18(31)28-20-9-11-21(12-10-20)30-27(33)25(19-6-3-2-4-7-19)35-23-15-13-22(14-16-23)29-26(32)24-8-5-17-34-24/h2-17,25H,1H3,(H,28,31)(H,29,32)(H,30,33). The summed E-state index contributed by atoms with van der Waals surface area (Å²) in [5, 5.41) is 9.93. The molecule has 0 radical (unpaired) electrons. The van der Waals surface area contributed by atoms with Gasteiger partial charge in [-0.3, -0.25) is 14.4 Å². The average Bonchev–Trinajstić information content (AvgIpc) is 3.40. The lowest BCUT2D eigenvalue weighted by Gasteiger charge is -2.17. The molecule has 1 heterocycles. The number of rotatable bonds is 8. The van der Waals surface area contributed by atoms with Gasteiger partial charge in [0.05, 0.1) is 4.88 Å². The van der Waals surface area contributed by atoms with Crippen LogP contribution in [0.2, 0.25) is 0 Å². The molecular formula is C27H23N3O3S2. The van der Waals surface area contributed by atoms with Crippen molar-refractivity contribution in [2.24, 2.45) is 0 Å². The highest BCUT2D eigenvalue weighted by molar-refractivity contribution is 8.00. The van der Waals surface area contributed by atoms with Crippen molar-refractivity contribution >= 4 is 57.9 Å². The van der Waals surface area contributed by atoms with E-state index in [0.29, 0.717) is 21.9 Å². The number of anilines is 3. The van der Waals surface area contributed by atoms with Gasteiger partial charge in [0.2, 0.25) is 11.8 Å². The van der Waals surface area contributed by atoms with E-state index in [1.54, 1.807) is 30.3 Å². The third-order valence-corrected chi connectivity index (χ3v) is 7.06. The Bertz CT molecular complexity index is 1290. The smallest absolute Gasteiger partial charge is 0.265 e. The maximum Gasteiger partial charge on any atom is 0.265 e. The molecule has 0 aliphatic rings. The highest BCUT2D eigenvalue weighted by Crippen LogP contribution is 2.37. The molecule has 0 saturated carbocycles. The predicted octanol–water partition coefficient (Wildman–Crippen LogP) is 6.43. The zero-order valence-electron chi connectivity index (χ0n) is 18.9. The van der Waals surface area contributed by atoms with E-state index in [4.69, 9.17) is 0 Å². The van der Waals surface area contributed by atoms with Gasteiger partial charge in [0.25, 0.3) is 5.91 Å². The molecule has 0 spiro atoms. The minimum absolute atomic E-state index is 0.147. The van der Waals surface area contributed by atoms with Crippen LogP contribution in [-0.2, 0) is 9.59 Å². The van der Waals surface area contributed by atoms with Gasteiger partial charge in [0, 0.05) is 28.9 Å². The highest BCUT2D eigenvalue weighted by Gasteiger charge is 2.22. The number of nitrogens with one attached hydrogen (secondary N) is 3. The Balaban J connectivity index is 1.46. The van der Waals surface area contributed by atoms with E-state index in [9.17, 15) is 14.4 Å². The van der Waals surface area contributed by atoms with Gasteiger partial charge < -0.3 is 16.0 Å². The Hall–Kier alpha value is -3.88. The second kappa shape index (κ2) is 11.5. The first kappa shape index (κ1) is 24.3. The van der Waals surface area contributed by atoms with E-state index in [0.717, 1.165) is 10.5 Å². The lowest BCUT2D eigenvalue weighted by molar-refractivity contribution is -0.116. The number of hydrogen-bond acceptors (Lipinski definition) is 5. The van der Waals surface area contributed by atoms with Crippen molar-refractivity contribution < 1.29 is 14.4 Å². The molecule has 0 fully saturated rings. The van der Waals surface area contributed by atoms with Crippen LogP contribution in [0, 0.1) is 0 Å². The SMILES string of the molecule is CC(=O)Nc1ccc(NC(=O)C(Sc2ccc(NC(=O)c3cccs3)cc2)c2ccccc2)cc1. The summed E-state index contributed by atoms with van der Waals surface area (Å²) in [4.78, 5) is 38.3. The summed E-state index contributed by atoms with van der Waals surface area (Å²) in [5.41, 5.74) is 2.86. The van der Waals surface area contributed by atoms with Gasteiger partial charge in [0.1, 0.15) is 5.25 Å². The van der Waals surface area contributed by atoms with Gasteiger partial charge in [-0.2, -0.15) is 0 Å². The maximum absolute atomic E-state index is 13.3. The van der Waals surface area contributed by atoms with Crippen LogP contribution < -0.4 is 16.0 Å². The number of carbonyl (C=O) groups excluding carboxylic acids is 3. The van der Waals surface area contributed by atoms with Crippen LogP contribution in [0.4, 0.5) is 17.1 Å². The van der Waals surface area contributed by atoms with Crippen LogP contribution in [0.1, 0.15) is 27.4 Å². The van der Waals surface area contributed by atoms with Crippen molar-refractivity contribution in [3.8, 4) is 0 Å². The van der Waals surface area contributed by atoms with Crippen LogP contribution in [0.5, 0.6) is 0 Å². The Labute approximate surface area is 211 Å². The van der Waals surface area contributed by atoms with Gasteiger partial charge in [-0.25, -0.2) is 0 Å². The summed E-state index contributed by atoms with van der Waals surface area (Å²) >= 11 is 2.81. The molecule has 0 saturated heterocycles. The first-order valence-corrected chi connectivity index (χ1v) is 12.6. The largest absolute Gasteiger partial charge is 0.326 e. The fourth-order valence-electron chi connectivity index (χ4n) is 3.30. The van der Waals surface area contributed by atoms with E-state index in [2.05, 4.69) is 16.0 Å². The molecule has 0 bridgehead atoms. The minimum atomic E-state index is -0.488. The van der Waals surface area contributed by atoms with E-state index in [1.807, 2.05) is 66.0 Å². The first-order valence-electron chi connectivity index (χ1n) is 10.8. The Morgan fingerprint density at radius 3 is 1.91 bits per heavy atom. The molecular weight excluding hydrogens is 478 g/mol. The quantitative estimate of drug-likeness (QED) is 0.243. The molecule has 3 N–H and O–H groups in total. The molecule has 4 aromatic rings. The number of amides is 3. The zero-order valence-corrected chi connectivity index (χ0v) is 20.5. The lowest BCUT2D eigenvalue weighted by Crippen LogP contribution is -2.19. The Morgan fingerprint density at radius 1 is 0.714 bits per heavy atom. The number of carbonyl (C=O) groups is 3. The van der Waals surface area contributed by atoms with Crippen LogP contribution in [0.3, 0.4) is 0 Å². The first-order chi connectivity index (χ1) is 17.0. The molecule has 35 heavy (non-hydrogen) atoms. The van der Waals surface area contributed by atoms with Gasteiger partial charge in [-0.1, -0.05) is 36.4 Å². The molecule has 8 heteroatoms. The van der Waals surface area contributed by atoms with Crippen molar-refractivity contribution in [1.82, 2.24) is 0 Å². The summed E-state index contributed by atoms with van der Waals surface area (Å²) < 4.78 is 0. The fraction of sp³-hybridized carbons (Fsp3) is 0.0741. The maximum atomic E-state index is 13.3. The number of hydrogen-bond donors (Lipinski definition) is 3. The Kier molecular flexibility index (Phi) is 7.97. The lowest BCUT2D eigenvalue weighted by atomic mass is 10.1. The molecule has 3 amide bonds. The summed E-state index contributed by atoms with van der Waals surface area (Å²) in [6.07, 6.45) is 0. The summed E-state index contributed by atoms with van der Waals surface area (Å²) in [5.74, 6) is -0.463. The van der Waals surface area contributed by atoms with Crippen molar-refractivity contribution in [3.63, 3.8) is 0 Å². The monoisotopic (exact) mass is 501 g/mol. The molecule has 1 atom stereocenters. The van der Waals surface area contributed by atoms with Crippen LogP contribution >= 0.6 is 23.1 Å². The zero-order chi connectivity index (χ0) is 24.6. The van der Waals surface area contributed by atoms with Crippen LogP contribution in [-0.4, -0.2) is 17.7 Å². The summed E-state index contributed by atoms with van der Waals surface area (Å²) in [6.45, 7) is 1.45. The van der Waals surface area contributed by atoms with Crippen molar-refractivity contribution in [2.75, 3.05) is 16.0 Å². The number of thioether (sulfide) groups is 1. The molecule has 1 aromatic heterocycles. The average molecular weight is 502 g/mol. The van der Waals surface area contributed by atoms with Gasteiger partial charge >= 0.3 is 0 Å². The van der Waals surface area contributed by atoms with E-state index >= 15 is 0 Å². The second-order valence-corrected chi connectivity index (χ2v) is 9.74. The van der Waals surface area contributed by atoms with E-state index in [-0.39, 0.29) is 17.7 Å². The third kappa shape index (κ3) is 6.81. The van der Waals surface area contributed by atoms with Crippen molar-refractivity contribution in [2.45, 2.75) is 17.1 Å². The van der Waals surface area contributed by atoms with E-state index in [1.165, 1.54) is 30.0 Å². The van der Waals surface area contributed by atoms with E-state index < -0.39 is 5.25 Å². The van der Waals surface area contributed by atoms with Crippen molar-refractivity contribution in [3.05, 3.63) is 107 Å². The van der Waals surface area contributed by atoms with Gasteiger partial charge in [0.15, 0.2) is 0 Å². The normalized spacial score (nSPS) is 11.3. The van der Waals surface area contributed by atoms with Gasteiger partial charge in [-0.05, 0) is 65.5 Å². The number of thiophene rings is 1. The third-order valence-electron chi connectivity index (χ3n) is 4.92. The van der Waals surface area contributed by atoms with Crippen LogP contribution in [0.25, 0.3) is 0 Å². The molecule has 176 valence electrons. The second-order valence-electron chi connectivity index (χ2n) is 7.61.